The van der Waals surface area contributed by atoms with Gasteiger partial charge in [-0.2, -0.15) is 0 Å². The van der Waals surface area contributed by atoms with E-state index in [-0.39, 0.29) is 6.61 Å². The van der Waals surface area contributed by atoms with Crippen LogP contribution in [-0.2, 0) is 9.84 Å². The third-order valence-corrected chi connectivity index (χ3v) is 6.87. The molecule has 4 heteroatoms. The van der Waals surface area contributed by atoms with Crippen LogP contribution in [0.25, 0.3) is 0 Å². The minimum Gasteiger partial charge on any atom is -0.392 e. The molecule has 1 atom stereocenters. The summed E-state index contributed by atoms with van der Waals surface area (Å²) in [6.07, 6.45) is 18.1. The molecule has 0 aliphatic carbocycles. The first kappa shape index (κ1) is 28.6. The predicted octanol–water partition coefficient (Wildman–Crippen LogP) is 6.87. The SMILES string of the molecule is CC(C)=CCC/C(C)=C/CC(C(C)=CCCC(C)=CCCC(C)=CCO)S(C)(=O)=O. The molecule has 0 spiro atoms. The van der Waals surface area contributed by atoms with Crippen molar-refractivity contribution in [2.45, 2.75) is 91.7 Å². The van der Waals surface area contributed by atoms with E-state index in [9.17, 15) is 8.42 Å². The highest BCUT2D eigenvalue weighted by Crippen LogP contribution is 2.20. The Morgan fingerprint density at radius 3 is 1.70 bits per heavy atom. The second kappa shape index (κ2) is 15.4. The van der Waals surface area contributed by atoms with E-state index in [1.165, 1.54) is 28.5 Å². The largest absolute Gasteiger partial charge is 0.392 e. The number of allylic oxidation sites excluding steroid dienone is 8. The van der Waals surface area contributed by atoms with Crippen LogP contribution in [0.1, 0.15) is 86.5 Å². The summed E-state index contributed by atoms with van der Waals surface area (Å²) < 4.78 is 24.7. The Balaban J connectivity index is 4.84. The summed E-state index contributed by atoms with van der Waals surface area (Å²) in [7, 11) is -3.14. The Hall–Kier alpha value is -1.39. The average Bonchev–Trinajstić information content (AvgIpc) is 2.60. The third-order valence-electron chi connectivity index (χ3n) is 5.27. The van der Waals surface area contributed by atoms with Crippen molar-refractivity contribution in [1.82, 2.24) is 0 Å². The first-order valence-corrected chi connectivity index (χ1v) is 13.0. The van der Waals surface area contributed by atoms with Crippen molar-refractivity contribution in [2.24, 2.45) is 0 Å². The second-order valence-corrected chi connectivity index (χ2v) is 11.0. The molecule has 0 bridgehead atoms. The van der Waals surface area contributed by atoms with Gasteiger partial charge in [-0.25, -0.2) is 8.42 Å². The third kappa shape index (κ3) is 14.6. The molecule has 0 aromatic heterocycles. The summed E-state index contributed by atoms with van der Waals surface area (Å²) in [5.74, 6) is 0. The van der Waals surface area contributed by atoms with Gasteiger partial charge in [0.2, 0.25) is 0 Å². The molecule has 0 aliphatic heterocycles. The van der Waals surface area contributed by atoms with E-state index in [4.69, 9.17) is 5.11 Å². The molecule has 0 rings (SSSR count). The molecule has 0 heterocycles. The molecule has 1 N–H and O–H groups in total. The summed E-state index contributed by atoms with van der Waals surface area (Å²) in [5.41, 5.74) is 6.04. The summed E-state index contributed by atoms with van der Waals surface area (Å²) in [6.45, 7) is 12.5. The van der Waals surface area contributed by atoms with Gasteiger partial charge in [0.1, 0.15) is 0 Å². The standard InChI is InChI=1S/C26H44O3S/c1-21(2)11-8-12-23(4)17-18-26(30(7,28)29)25(6)16-10-15-22(3)13-9-14-24(5)19-20-27/h11,13,16-17,19,26-27H,8-10,12,14-15,18,20H2,1-7H3/b22-13?,23-17+,24-19?,25-16?. The van der Waals surface area contributed by atoms with E-state index in [0.717, 1.165) is 44.1 Å². The van der Waals surface area contributed by atoms with E-state index in [1.54, 1.807) is 0 Å². The zero-order chi connectivity index (χ0) is 23.2. The van der Waals surface area contributed by atoms with Crippen LogP contribution in [0.5, 0.6) is 0 Å². The molecule has 0 fully saturated rings. The molecule has 30 heavy (non-hydrogen) atoms. The van der Waals surface area contributed by atoms with Crippen molar-refractivity contribution in [1.29, 1.82) is 0 Å². The quantitative estimate of drug-likeness (QED) is 0.302. The minimum atomic E-state index is -3.14. The van der Waals surface area contributed by atoms with Crippen molar-refractivity contribution < 1.29 is 13.5 Å². The second-order valence-electron chi connectivity index (χ2n) is 8.73. The van der Waals surface area contributed by atoms with Crippen molar-refractivity contribution in [3.8, 4) is 0 Å². The summed E-state index contributed by atoms with van der Waals surface area (Å²) in [6, 6.07) is 0. The normalized spacial score (nSPS) is 15.3. The van der Waals surface area contributed by atoms with Crippen molar-refractivity contribution in [2.75, 3.05) is 12.9 Å². The number of rotatable bonds is 14. The number of aliphatic hydroxyl groups excluding tert-OH is 1. The molecule has 0 saturated carbocycles. The van der Waals surface area contributed by atoms with Gasteiger partial charge in [0.15, 0.2) is 9.84 Å². The first-order valence-electron chi connectivity index (χ1n) is 11.0. The Morgan fingerprint density at radius 2 is 1.20 bits per heavy atom. The zero-order valence-electron chi connectivity index (χ0n) is 20.3. The Morgan fingerprint density at radius 1 is 0.733 bits per heavy atom. The van der Waals surface area contributed by atoms with Crippen molar-refractivity contribution in [3.63, 3.8) is 0 Å². The molecule has 0 aromatic carbocycles. The number of sulfone groups is 1. The van der Waals surface area contributed by atoms with E-state index < -0.39 is 15.1 Å². The van der Waals surface area contributed by atoms with Crippen LogP contribution in [0.15, 0.2) is 58.2 Å². The van der Waals surface area contributed by atoms with Crippen LogP contribution < -0.4 is 0 Å². The summed E-state index contributed by atoms with van der Waals surface area (Å²) in [5, 5.41) is 8.46. The van der Waals surface area contributed by atoms with E-state index in [0.29, 0.717) is 6.42 Å². The highest BCUT2D eigenvalue weighted by atomic mass is 32.2. The van der Waals surface area contributed by atoms with Gasteiger partial charge in [-0.1, -0.05) is 58.2 Å². The summed E-state index contributed by atoms with van der Waals surface area (Å²) >= 11 is 0. The fourth-order valence-electron chi connectivity index (χ4n) is 3.26. The predicted molar refractivity (Wildman–Crippen MR) is 132 cm³/mol. The molecule has 0 aliphatic rings. The van der Waals surface area contributed by atoms with Gasteiger partial charge in [0.05, 0.1) is 11.9 Å². The maximum absolute atomic E-state index is 12.3. The molecule has 3 nitrogen and oxygen atoms in total. The molecule has 0 amide bonds. The fourth-order valence-corrected chi connectivity index (χ4v) is 4.48. The van der Waals surface area contributed by atoms with Gasteiger partial charge in [0, 0.05) is 6.26 Å². The number of hydrogen-bond donors (Lipinski definition) is 1. The molecule has 0 radical (unpaired) electrons. The molecule has 0 aromatic rings. The average molecular weight is 437 g/mol. The Kier molecular flexibility index (Phi) is 14.7. The maximum Gasteiger partial charge on any atom is 0.154 e. The molecule has 1 unspecified atom stereocenters. The smallest absolute Gasteiger partial charge is 0.154 e. The van der Waals surface area contributed by atoms with Crippen LogP contribution in [-0.4, -0.2) is 31.6 Å². The van der Waals surface area contributed by atoms with Crippen LogP contribution >= 0.6 is 0 Å². The molecular weight excluding hydrogens is 392 g/mol. The van der Waals surface area contributed by atoms with E-state index >= 15 is 0 Å². The van der Waals surface area contributed by atoms with E-state index in [2.05, 4.69) is 52.0 Å². The number of aliphatic hydroxyl groups is 1. The highest BCUT2D eigenvalue weighted by molar-refractivity contribution is 7.91. The lowest BCUT2D eigenvalue weighted by Gasteiger charge is -2.15. The van der Waals surface area contributed by atoms with Gasteiger partial charge in [0.25, 0.3) is 0 Å². The monoisotopic (exact) mass is 436 g/mol. The van der Waals surface area contributed by atoms with Gasteiger partial charge >= 0.3 is 0 Å². The lowest BCUT2D eigenvalue weighted by Crippen LogP contribution is -2.20. The van der Waals surface area contributed by atoms with Crippen LogP contribution in [0.3, 0.4) is 0 Å². The van der Waals surface area contributed by atoms with Gasteiger partial charge in [-0.15, -0.1) is 0 Å². The molecule has 172 valence electrons. The topological polar surface area (TPSA) is 54.4 Å². The Labute approximate surface area is 186 Å². The maximum atomic E-state index is 12.3. The zero-order valence-corrected chi connectivity index (χ0v) is 21.1. The minimum absolute atomic E-state index is 0.101. The van der Waals surface area contributed by atoms with Crippen molar-refractivity contribution >= 4 is 9.84 Å². The molecule has 0 saturated heterocycles. The first-order chi connectivity index (χ1) is 14.0. The van der Waals surface area contributed by atoms with E-state index in [1.807, 2.05) is 19.9 Å². The lowest BCUT2D eigenvalue weighted by atomic mass is 10.0. The van der Waals surface area contributed by atoms with Crippen LogP contribution in [0.2, 0.25) is 0 Å². The van der Waals surface area contributed by atoms with Crippen LogP contribution in [0, 0.1) is 0 Å². The van der Waals surface area contributed by atoms with Gasteiger partial charge < -0.3 is 5.11 Å². The van der Waals surface area contributed by atoms with Crippen LogP contribution in [0.4, 0.5) is 0 Å². The van der Waals surface area contributed by atoms with Gasteiger partial charge in [-0.05, 0) is 86.5 Å². The van der Waals surface area contributed by atoms with Crippen molar-refractivity contribution in [3.05, 3.63) is 58.2 Å². The summed E-state index contributed by atoms with van der Waals surface area (Å²) in [4.78, 5) is 0. The Bertz CT molecular complexity index is 758. The fraction of sp³-hybridized carbons (Fsp3) is 0.615. The lowest BCUT2D eigenvalue weighted by molar-refractivity contribution is 0.341. The number of hydrogen-bond acceptors (Lipinski definition) is 3. The highest BCUT2D eigenvalue weighted by Gasteiger charge is 2.21. The van der Waals surface area contributed by atoms with Gasteiger partial charge in [-0.3, -0.25) is 0 Å². The molecular formula is C26H44O3S.